The van der Waals surface area contributed by atoms with E-state index in [-0.39, 0.29) is 17.9 Å². The Morgan fingerprint density at radius 1 is 0.970 bits per heavy atom. The Morgan fingerprint density at radius 3 is 2.27 bits per heavy atom. The van der Waals surface area contributed by atoms with Crippen molar-refractivity contribution in [2.24, 2.45) is 0 Å². The van der Waals surface area contributed by atoms with Crippen LogP contribution in [-0.2, 0) is 22.6 Å². The molecule has 0 fully saturated rings. The molecule has 6 heteroatoms. The van der Waals surface area contributed by atoms with Gasteiger partial charge in [0.2, 0.25) is 11.8 Å². The van der Waals surface area contributed by atoms with Gasteiger partial charge in [0.25, 0.3) is 0 Å². The van der Waals surface area contributed by atoms with Crippen LogP contribution in [0.25, 0.3) is 0 Å². The summed E-state index contributed by atoms with van der Waals surface area (Å²) < 4.78 is 11.3. The minimum atomic E-state index is -0.571. The van der Waals surface area contributed by atoms with E-state index in [1.54, 1.807) is 11.8 Å². The SMILES string of the molecule is CCOc1ccc(CCC(=O)N(Cc2ccccc2C)C(C)C(=O)NC(C)C)cc1OCC. The predicted molar refractivity (Wildman–Crippen MR) is 132 cm³/mol. The summed E-state index contributed by atoms with van der Waals surface area (Å²) in [6.45, 7) is 13.0. The summed E-state index contributed by atoms with van der Waals surface area (Å²) in [5, 5.41) is 2.93. The zero-order valence-corrected chi connectivity index (χ0v) is 20.8. The summed E-state index contributed by atoms with van der Waals surface area (Å²) in [5.74, 6) is 1.18. The molecule has 2 aromatic rings. The topological polar surface area (TPSA) is 67.9 Å². The Labute approximate surface area is 198 Å². The minimum absolute atomic E-state index is 0.0104. The Kier molecular flexibility index (Phi) is 10.2. The van der Waals surface area contributed by atoms with E-state index in [1.165, 1.54) is 0 Å². The molecule has 1 unspecified atom stereocenters. The molecule has 0 aliphatic carbocycles. The summed E-state index contributed by atoms with van der Waals surface area (Å²) in [6, 6.07) is 13.2. The lowest BCUT2D eigenvalue weighted by Crippen LogP contribution is -2.49. The zero-order chi connectivity index (χ0) is 24.4. The van der Waals surface area contributed by atoms with Gasteiger partial charge in [-0.2, -0.15) is 0 Å². The molecule has 0 heterocycles. The molecule has 0 aromatic heterocycles. The Hall–Kier alpha value is -3.02. The van der Waals surface area contributed by atoms with Gasteiger partial charge in [-0.1, -0.05) is 30.3 Å². The van der Waals surface area contributed by atoms with Crippen LogP contribution in [0.3, 0.4) is 0 Å². The number of aryl methyl sites for hydroxylation is 2. The maximum absolute atomic E-state index is 13.3. The number of hydrogen-bond acceptors (Lipinski definition) is 4. The van der Waals surface area contributed by atoms with Crippen molar-refractivity contribution in [2.45, 2.75) is 73.0 Å². The van der Waals surface area contributed by atoms with E-state index in [0.717, 1.165) is 16.7 Å². The average Bonchev–Trinajstić information content (AvgIpc) is 2.78. The second-order valence-electron chi connectivity index (χ2n) is 8.43. The van der Waals surface area contributed by atoms with E-state index in [4.69, 9.17) is 9.47 Å². The number of nitrogens with zero attached hydrogens (tertiary/aromatic N) is 1. The molecule has 2 aromatic carbocycles. The van der Waals surface area contributed by atoms with Gasteiger partial charge in [-0.3, -0.25) is 9.59 Å². The van der Waals surface area contributed by atoms with E-state index in [0.29, 0.717) is 44.1 Å². The molecule has 0 saturated carbocycles. The van der Waals surface area contributed by atoms with Gasteiger partial charge in [0.1, 0.15) is 6.04 Å². The summed E-state index contributed by atoms with van der Waals surface area (Å²) >= 11 is 0. The van der Waals surface area contributed by atoms with Crippen molar-refractivity contribution >= 4 is 11.8 Å². The van der Waals surface area contributed by atoms with Crippen molar-refractivity contribution in [3.63, 3.8) is 0 Å². The molecule has 0 bridgehead atoms. The third kappa shape index (κ3) is 7.81. The molecule has 1 N–H and O–H groups in total. The molecule has 0 saturated heterocycles. The lowest BCUT2D eigenvalue weighted by atomic mass is 10.0. The second kappa shape index (κ2) is 12.9. The number of amides is 2. The monoisotopic (exact) mass is 454 g/mol. The summed E-state index contributed by atoms with van der Waals surface area (Å²) in [5.41, 5.74) is 3.12. The maximum Gasteiger partial charge on any atom is 0.242 e. The van der Waals surface area contributed by atoms with Gasteiger partial charge in [-0.15, -0.1) is 0 Å². The van der Waals surface area contributed by atoms with Crippen LogP contribution in [0.1, 0.15) is 57.7 Å². The molecular weight excluding hydrogens is 416 g/mol. The van der Waals surface area contributed by atoms with Crippen molar-refractivity contribution in [3.05, 3.63) is 59.2 Å². The molecule has 0 radical (unpaired) electrons. The van der Waals surface area contributed by atoms with Crippen molar-refractivity contribution in [3.8, 4) is 11.5 Å². The molecule has 2 rings (SSSR count). The highest BCUT2D eigenvalue weighted by molar-refractivity contribution is 5.87. The normalized spacial score (nSPS) is 11.7. The lowest BCUT2D eigenvalue weighted by molar-refractivity contribution is -0.140. The van der Waals surface area contributed by atoms with Crippen molar-refractivity contribution < 1.29 is 19.1 Å². The quantitative estimate of drug-likeness (QED) is 0.506. The smallest absolute Gasteiger partial charge is 0.242 e. The van der Waals surface area contributed by atoms with E-state index >= 15 is 0 Å². The average molecular weight is 455 g/mol. The van der Waals surface area contributed by atoms with Gasteiger partial charge in [0, 0.05) is 19.0 Å². The second-order valence-corrected chi connectivity index (χ2v) is 8.43. The lowest BCUT2D eigenvalue weighted by Gasteiger charge is -2.30. The van der Waals surface area contributed by atoms with E-state index in [2.05, 4.69) is 5.32 Å². The third-order valence-corrected chi connectivity index (χ3v) is 5.44. The van der Waals surface area contributed by atoms with Crippen LogP contribution in [0.2, 0.25) is 0 Å². The molecule has 0 aliphatic heterocycles. The summed E-state index contributed by atoms with van der Waals surface area (Å²) in [6.07, 6.45) is 0.846. The van der Waals surface area contributed by atoms with Crippen LogP contribution in [0.15, 0.2) is 42.5 Å². The van der Waals surface area contributed by atoms with Crippen molar-refractivity contribution in [2.75, 3.05) is 13.2 Å². The first-order valence-corrected chi connectivity index (χ1v) is 11.8. The fraction of sp³-hybridized carbons (Fsp3) is 0.481. The van der Waals surface area contributed by atoms with Gasteiger partial charge in [-0.25, -0.2) is 0 Å². The molecule has 6 nitrogen and oxygen atoms in total. The van der Waals surface area contributed by atoms with Gasteiger partial charge in [0.15, 0.2) is 11.5 Å². The number of carbonyl (C=O) groups is 2. The Morgan fingerprint density at radius 2 is 1.64 bits per heavy atom. The van der Waals surface area contributed by atoms with Crippen molar-refractivity contribution in [1.29, 1.82) is 0 Å². The van der Waals surface area contributed by atoms with Gasteiger partial charge < -0.3 is 19.7 Å². The first-order valence-electron chi connectivity index (χ1n) is 11.8. The Bertz CT molecular complexity index is 926. The highest BCUT2D eigenvalue weighted by Crippen LogP contribution is 2.29. The fourth-order valence-corrected chi connectivity index (χ4v) is 3.60. The van der Waals surface area contributed by atoms with Crippen LogP contribution in [0.4, 0.5) is 0 Å². The highest BCUT2D eigenvalue weighted by atomic mass is 16.5. The minimum Gasteiger partial charge on any atom is -0.490 e. The fourth-order valence-electron chi connectivity index (χ4n) is 3.60. The third-order valence-electron chi connectivity index (χ3n) is 5.44. The highest BCUT2D eigenvalue weighted by Gasteiger charge is 2.26. The molecule has 0 spiro atoms. The maximum atomic E-state index is 13.3. The van der Waals surface area contributed by atoms with Crippen LogP contribution in [0.5, 0.6) is 11.5 Å². The number of carbonyl (C=O) groups excluding carboxylic acids is 2. The summed E-state index contributed by atoms with van der Waals surface area (Å²) in [7, 11) is 0. The predicted octanol–water partition coefficient (Wildman–Crippen LogP) is 4.67. The molecule has 180 valence electrons. The van der Waals surface area contributed by atoms with Gasteiger partial charge in [-0.05, 0) is 76.8 Å². The molecule has 0 aliphatic rings. The number of hydrogen-bond donors (Lipinski definition) is 1. The van der Waals surface area contributed by atoms with E-state index in [1.807, 2.05) is 77.1 Å². The Balaban J connectivity index is 2.19. The van der Waals surface area contributed by atoms with E-state index in [9.17, 15) is 9.59 Å². The van der Waals surface area contributed by atoms with Crippen molar-refractivity contribution in [1.82, 2.24) is 10.2 Å². The number of nitrogens with one attached hydrogen (secondary N) is 1. The zero-order valence-electron chi connectivity index (χ0n) is 20.8. The number of ether oxygens (including phenoxy) is 2. The van der Waals surface area contributed by atoms with Crippen LogP contribution in [0, 0.1) is 6.92 Å². The molecule has 33 heavy (non-hydrogen) atoms. The molecule has 1 atom stereocenters. The standard InChI is InChI=1S/C27H38N2O4/c1-7-32-24-15-13-22(17-25(24)33-8-2)14-16-26(30)29(21(6)27(31)28-19(3)4)18-23-12-10-9-11-20(23)5/h9-13,15,17,19,21H,7-8,14,16,18H2,1-6H3,(H,28,31). The first-order chi connectivity index (χ1) is 15.8. The van der Waals surface area contributed by atoms with Crippen LogP contribution < -0.4 is 14.8 Å². The first kappa shape index (κ1) is 26.2. The van der Waals surface area contributed by atoms with E-state index < -0.39 is 6.04 Å². The largest absolute Gasteiger partial charge is 0.490 e. The summed E-state index contributed by atoms with van der Waals surface area (Å²) in [4.78, 5) is 27.7. The van der Waals surface area contributed by atoms with Crippen LogP contribution in [-0.4, -0.2) is 42.0 Å². The number of benzene rings is 2. The van der Waals surface area contributed by atoms with Crippen LogP contribution >= 0.6 is 0 Å². The van der Waals surface area contributed by atoms with Gasteiger partial charge in [0.05, 0.1) is 13.2 Å². The number of rotatable bonds is 12. The molecular formula is C27H38N2O4. The molecule has 2 amide bonds. The van der Waals surface area contributed by atoms with Gasteiger partial charge >= 0.3 is 0 Å².